The summed E-state index contributed by atoms with van der Waals surface area (Å²) >= 11 is 10.7. The van der Waals surface area contributed by atoms with Crippen molar-refractivity contribution in [3.8, 4) is 0 Å². The Kier molecular flexibility index (Phi) is 29.5. The standard InChI is InChI=1S/C16H21N7.C11H14N4O2.C11H16N4.C7H5N3O2.C5H6ClN3.C3H8ClN.CH4.ClH/c1-17-15-6-7-18-16(20-15)19-13-5-4-12-11-23(9-8-22(2)3)21-14(12)10-13;1-13(2)5-6-14-8-9-3-4-10(15(16)17)7-11(9)12-14;1-14(2)5-6-15-8-9-3-4-10(12)7-11(9)13-15;11-10(12)6-2-1-5-4-8-9-7(5)3-6;1-7-4-2-3-8-5(6)9-4;1-5-3-2-4;;/h4-7,10-11H,8-9H2,1-3H3,(H2,17,18,19,20);3-4,7-8H,5-6H2,1-2H3;3-4,7-8H,5-6,12H2,1-2H3;1-4H,(H,8,9);2-3H,1H3,(H,7,8,9);5H,2-3H2,1H3;1H4;1H. The number of nitro groups is 2. The summed E-state index contributed by atoms with van der Waals surface area (Å²) in [5.74, 6) is 2.77. The molecule has 0 aliphatic carbocycles. The monoisotopic (exact) mass is 1200 g/mol. The van der Waals surface area contributed by atoms with E-state index in [1.165, 1.54) is 24.3 Å². The van der Waals surface area contributed by atoms with E-state index in [4.69, 9.17) is 28.9 Å². The smallest absolute Gasteiger partial charge is 0.271 e. The number of nitrogens with zero attached hydrogens (tertiary/aromatic N) is 16. The Morgan fingerprint density at radius 3 is 1.57 bits per heavy atom. The number of nitrogen functional groups attached to an aromatic ring is 1. The molecular weight excluding hydrogens is 1130 g/mol. The van der Waals surface area contributed by atoms with Crippen molar-refractivity contribution in [2.75, 3.05) is 117 Å². The van der Waals surface area contributed by atoms with E-state index < -0.39 is 9.85 Å². The van der Waals surface area contributed by atoms with E-state index in [1.807, 2.05) is 84.8 Å². The topological polar surface area (TPSA) is 304 Å². The number of halogens is 3. The minimum absolute atomic E-state index is 0. The maximum atomic E-state index is 10.6. The first-order chi connectivity index (χ1) is 38.9. The molecule has 0 amide bonds. The Bertz CT molecular complexity index is 3530. The maximum absolute atomic E-state index is 10.6. The van der Waals surface area contributed by atoms with Crippen molar-refractivity contribution < 1.29 is 9.85 Å². The molecule has 0 atom stereocenters. The molecule has 446 valence electrons. The van der Waals surface area contributed by atoms with Crippen LogP contribution in [0, 0.1) is 20.2 Å². The Balaban J connectivity index is 0.000000272. The SMILES string of the molecule is C.CN(C)CCn1cc2ccc(N)cc2n1.CN(C)CCn1cc2ccc([N+](=O)[O-])cc2n1.CNCCCl.CNc1ccnc(Cl)n1.CNc1ccnc(Nc2ccc3cn(CCN(C)C)nc3c2)n1.Cl.O=[N+]([O-])c1ccc2cn[nH]c2c1. The van der Waals surface area contributed by atoms with Gasteiger partial charge in [0.05, 0.1) is 57.7 Å². The number of aromatic nitrogens is 12. The van der Waals surface area contributed by atoms with Crippen LogP contribution in [0.5, 0.6) is 0 Å². The van der Waals surface area contributed by atoms with E-state index in [-0.39, 0.29) is 36.5 Å². The number of H-pyrrole nitrogens is 1. The number of aromatic amines is 1. The summed E-state index contributed by atoms with van der Waals surface area (Å²) in [6, 6.07) is 24.8. The van der Waals surface area contributed by atoms with Crippen LogP contribution in [-0.2, 0) is 19.6 Å². The van der Waals surface area contributed by atoms with E-state index in [9.17, 15) is 20.2 Å². The van der Waals surface area contributed by atoms with E-state index >= 15 is 0 Å². The Labute approximate surface area is 498 Å². The second-order valence-electron chi connectivity index (χ2n) is 18.5. The van der Waals surface area contributed by atoms with Gasteiger partial charge in [0.15, 0.2) is 0 Å². The summed E-state index contributed by atoms with van der Waals surface area (Å²) in [5.41, 5.74) is 10.8. The summed E-state index contributed by atoms with van der Waals surface area (Å²) in [4.78, 5) is 42.6. The molecule has 7 N–H and O–H groups in total. The van der Waals surface area contributed by atoms with Crippen molar-refractivity contribution >= 4 is 120 Å². The molecule has 0 fully saturated rings. The first kappa shape index (κ1) is 68.9. The molecule has 10 rings (SSSR count). The van der Waals surface area contributed by atoms with Crippen LogP contribution >= 0.6 is 35.6 Å². The molecule has 26 nitrogen and oxygen atoms in total. The summed E-state index contributed by atoms with van der Waals surface area (Å²) < 4.78 is 5.76. The van der Waals surface area contributed by atoms with Crippen molar-refractivity contribution in [1.29, 1.82) is 0 Å². The number of nitrogens with two attached hydrogens (primary N) is 1. The molecule has 0 saturated heterocycles. The fourth-order valence-corrected chi connectivity index (χ4v) is 7.28. The van der Waals surface area contributed by atoms with Gasteiger partial charge in [-0.25, -0.2) is 15.0 Å². The van der Waals surface area contributed by atoms with Crippen molar-refractivity contribution in [2.24, 2.45) is 0 Å². The number of anilines is 5. The number of hydrogen-bond donors (Lipinski definition) is 6. The summed E-state index contributed by atoms with van der Waals surface area (Å²) in [5, 5.41) is 57.0. The molecule has 0 aliphatic rings. The molecule has 10 aromatic rings. The molecule has 4 aromatic carbocycles. The Morgan fingerprint density at radius 2 is 1.10 bits per heavy atom. The van der Waals surface area contributed by atoms with Crippen LogP contribution < -0.4 is 27.0 Å². The van der Waals surface area contributed by atoms with Gasteiger partial charge in [-0.05, 0) is 122 Å². The van der Waals surface area contributed by atoms with Gasteiger partial charge in [-0.2, -0.15) is 25.4 Å². The number of non-ortho nitro benzene ring substituents is 2. The molecule has 0 unspecified atom stereocenters. The second kappa shape index (κ2) is 35.5. The molecule has 29 heteroatoms. The van der Waals surface area contributed by atoms with Crippen molar-refractivity contribution in [3.63, 3.8) is 0 Å². The van der Waals surface area contributed by atoms with Crippen molar-refractivity contribution in [1.82, 2.24) is 79.5 Å². The molecule has 0 saturated carbocycles. The number of rotatable bonds is 17. The average Bonchev–Trinajstić information content (AvgIpc) is 4.43. The number of fused-ring (bicyclic) bond motifs is 4. The van der Waals surface area contributed by atoms with Gasteiger partial charge in [-0.1, -0.05) is 7.43 Å². The lowest BCUT2D eigenvalue weighted by Crippen LogP contribution is -2.18. The third-order valence-corrected chi connectivity index (χ3v) is 11.6. The molecule has 0 spiro atoms. The molecular formula is C54H75Cl3N22O4. The lowest BCUT2D eigenvalue weighted by Gasteiger charge is -2.08. The van der Waals surface area contributed by atoms with E-state index in [0.29, 0.717) is 22.9 Å². The number of alkyl halides is 1. The molecule has 0 bridgehead atoms. The minimum atomic E-state index is -0.430. The van der Waals surface area contributed by atoms with E-state index in [0.717, 1.165) is 101 Å². The van der Waals surface area contributed by atoms with Gasteiger partial charge in [-0.3, -0.25) is 39.4 Å². The predicted molar refractivity (Wildman–Crippen MR) is 339 cm³/mol. The number of nitro benzene ring substituents is 2. The van der Waals surface area contributed by atoms with Gasteiger partial charge in [0.1, 0.15) is 11.6 Å². The van der Waals surface area contributed by atoms with E-state index in [2.05, 4.69) is 128 Å². The van der Waals surface area contributed by atoms with Crippen LogP contribution in [0.2, 0.25) is 5.28 Å². The molecule has 83 heavy (non-hydrogen) atoms. The lowest BCUT2D eigenvalue weighted by atomic mass is 10.2. The van der Waals surface area contributed by atoms with Gasteiger partial charge < -0.3 is 41.7 Å². The van der Waals surface area contributed by atoms with Crippen molar-refractivity contribution in [2.45, 2.75) is 27.1 Å². The largest absolute Gasteiger partial charge is 0.399 e. The summed E-state index contributed by atoms with van der Waals surface area (Å²) in [6.07, 6.45) is 11.0. The predicted octanol–water partition coefficient (Wildman–Crippen LogP) is 9.00. The van der Waals surface area contributed by atoms with Crippen LogP contribution in [0.25, 0.3) is 43.6 Å². The number of nitrogens with one attached hydrogen (secondary N) is 5. The third kappa shape index (κ3) is 23.6. The first-order valence-corrected chi connectivity index (χ1v) is 26.3. The molecule has 0 radical (unpaired) electrons. The highest BCUT2D eigenvalue weighted by atomic mass is 35.5. The number of hydrogen-bond acceptors (Lipinski definition) is 20. The summed E-state index contributed by atoms with van der Waals surface area (Å²) in [7, 11) is 17.7. The van der Waals surface area contributed by atoms with E-state index in [1.54, 1.807) is 43.8 Å². The normalized spacial score (nSPS) is 10.4. The fourth-order valence-electron chi connectivity index (χ4n) is 6.94. The second-order valence-corrected chi connectivity index (χ2v) is 19.2. The third-order valence-electron chi connectivity index (χ3n) is 11.2. The molecule has 6 aromatic heterocycles. The zero-order valence-electron chi connectivity index (χ0n) is 47.2. The van der Waals surface area contributed by atoms with Crippen molar-refractivity contribution in [3.05, 3.63) is 148 Å². The zero-order chi connectivity index (χ0) is 58.8. The fraction of sp³-hybridized carbons (Fsp3) is 0.333. The van der Waals surface area contributed by atoms with Gasteiger partial charge in [-0.15, -0.1) is 24.0 Å². The zero-order valence-corrected chi connectivity index (χ0v) is 49.6. The molecule has 0 aliphatic heterocycles. The summed E-state index contributed by atoms with van der Waals surface area (Å²) in [6.45, 7) is 6.29. The Morgan fingerprint density at radius 1 is 0.627 bits per heavy atom. The molecule has 6 heterocycles. The van der Waals surface area contributed by atoms with Crippen LogP contribution in [0.3, 0.4) is 0 Å². The van der Waals surface area contributed by atoms with Crippen LogP contribution in [0.15, 0.2) is 122 Å². The highest BCUT2D eigenvalue weighted by Gasteiger charge is 2.10. The van der Waals surface area contributed by atoms with Crippen LogP contribution in [0.1, 0.15) is 7.43 Å². The van der Waals surface area contributed by atoms with Gasteiger partial charge in [0, 0.05) is 134 Å². The van der Waals surface area contributed by atoms with Gasteiger partial charge in [0.2, 0.25) is 11.2 Å². The lowest BCUT2D eigenvalue weighted by molar-refractivity contribution is -0.384. The quantitative estimate of drug-likeness (QED) is 0.0163. The maximum Gasteiger partial charge on any atom is 0.271 e. The van der Waals surface area contributed by atoms with Crippen LogP contribution in [-0.4, -0.2) is 180 Å². The van der Waals surface area contributed by atoms with Crippen LogP contribution in [0.4, 0.5) is 40.3 Å². The number of likely N-dealkylation sites (N-methyl/N-ethyl adjacent to an activating group) is 3. The Hall–Kier alpha value is -8.37. The number of benzene rings is 4. The average molecular weight is 1200 g/mol. The highest BCUT2D eigenvalue weighted by Crippen LogP contribution is 2.22. The highest BCUT2D eigenvalue weighted by molar-refractivity contribution is 6.28. The van der Waals surface area contributed by atoms with Gasteiger partial charge in [0.25, 0.3) is 11.4 Å². The van der Waals surface area contributed by atoms with Gasteiger partial charge >= 0.3 is 0 Å². The first-order valence-electron chi connectivity index (χ1n) is 25.3. The minimum Gasteiger partial charge on any atom is -0.399 e.